The molecule has 1 aromatic rings. The second kappa shape index (κ2) is 5.34. The van der Waals surface area contributed by atoms with Gasteiger partial charge in [-0.15, -0.1) is 0 Å². The fourth-order valence-corrected chi connectivity index (χ4v) is 1.32. The summed E-state index contributed by atoms with van der Waals surface area (Å²) in [7, 11) is 3.33. The third-order valence-corrected chi connectivity index (χ3v) is 2.24. The number of nitrogens with zero attached hydrogens (tertiary/aromatic N) is 1. The molecule has 1 rings (SSSR count). The molecule has 5 heteroatoms. The highest BCUT2D eigenvalue weighted by atomic mass is 16.5. The minimum Gasteiger partial charge on any atom is -0.481 e. The van der Waals surface area contributed by atoms with Crippen LogP contribution in [0.5, 0.6) is 5.75 Å². The van der Waals surface area contributed by atoms with E-state index in [4.69, 9.17) is 10.5 Å². The molecule has 0 saturated carbocycles. The van der Waals surface area contributed by atoms with Crippen molar-refractivity contribution >= 4 is 11.8 Å². The predicted octanol–water partition coefficient (Wildman–Crippen LogP) is 0.641. The number of primary amides is 1. The van der Waals surface area contributed by atoms with E-state index in [1.54, 1.807) is 45.3 Å². The first-order valence-corrected chi connectivity index (χ1v) is 5.19. The molecule has 17 heavy (non-hydrogen) atoms. The molecule has 0 saturated heterocycles. The lowest BCUT2D eigenvalue weighted by Crippen LogP contribution is -2.35. The van der Waals surface area contributed by atoms with Gasteiger partial charge in [0.25, 0.3) is 5.91 Å². The molecule has 92 valence electrons. The molecule has 0 spiro atoms. The van der Waals surface area contributed by atoms with Crippen LogP contribution in [0.4, 0.5) is 0 Å². The van der Waals surface area contributed by atoms with Crippen LogP contribution in [0.2, 0.25) is 0 Å². The quantitative estimate of drug-likeness (QED) is 0.833. The van der Waals surface area contributed by atoms with Gasteiger partial charge in [0.2, 0.25) is 5.91 Å². The first kappa shape index (κ1) is 13.0. The van der Waals surface area contributed by atoms with Gasteiger partial charge in [0, 0.05) is 19.7 Å². The molecule has 0 aliphatic rings. The van der Waals surface area contributed by atoms with Crippen molar-refractivity contribution in [3.63, 3.8) is 0 Å². The summed E-state index contributed by atoms with van der Waals surface area (Å²) in [5.74, 6) is -0.0874. The average Bonchev–Trinajstić information content (AvgIpc) is 2.28. The van der Waals surface area contributed by atoms with Crippen LogP contribution in [0, 0.1) is 0 Å². The molecule has 0 aliphatic heterocycles. The van der Waals surface area contributed by atoms with E-state index < -0.39 is 12.0 Å². The largest absolute Gasteiger partial charge is 0.481 e. The molecule has 1 atom stereocenters. The van der Waals surface area contributed by atoms with Gasteiger partial charge in [0.15, 0.2) is 6.10 Å². The molecule has 5 nitrogen and oxygen atoms in total. The zero-order valence-electron chi connectivity index (χ0n) is 10.1. The Bertz CT molecular complexity index is 412. The lowest BCUT2D eigenvalue weighted by molar-refractivity contribution is -0.135. The standard InChI is InChI=1S/C12H16N2O3/c1-8(12(16)14(2)3)17-10-6-4-9(5-7-10)11(13)15/h4-8H,1-3H3,(H2,13,15)/t8-/m0/s1. The molecule has 2 amide bonds. The molecule has 0 bridgehead atoms. The molecule has 0 fully saturated rings. The summed E-state index contributed by atoms with van der Waals surface area (Å²) >= 11 is 0. The molecule has 0 heterocycles. The Balaban J connectivity index is 2.69. The minimum absolute atomic E-state index is 0.121. The smallest absolute Gasteiger partial charge is 0.262 e. The lowest BCUT2D eigenvalue weighted by Gasteiger charge is -2.18. The number of rotatable bonds is 4. The summed E-state index contributed by atoms with van der Waals surface area (Å²) in [4.78, 5) is 23.9. The van der Waals surface area contributed by atoms with E-state index in [-0.39, 0.29) is 5.91 Å². The van der Waals surface area contributed by atoms with Crippen molar-refractivity contribution in [3.05, 3.63) is 29.8 Å². The fourth-order valence-electron chi connectivity index (χ4n) is 1.32. The zero-order valence-corrected chi connectivity index (χ0v) is 10.1. The first-order valence-electron chi connectivity index (χ1n) is 5.19. The van der Waals surface area contributed by atoms with E-state index in [2.05, 4.69) is 0 Å². The van der Waals surface area contributed by atoms with E-state index in [0.717, 1.165) is 0 Å². The van der Waals surface area contributed by atoms with Crippen molar-refractivity contribution in [3.8, 4) is 5.75 Å². The highest BCUT2D eigenvalue weighted by Crippen LogP contribution is 2.14. The number of amides is 2. The minimum atomic E-state index is -0.565. The summed E-state index contributed by atoms with van der Waals surface area (Å²) in [6, 6.07) is 6.34. The van der Waals surface area contributed by atoms with Gasteiger partial charge >= 0.3 is 0 Å². The van der Waals surface area contributed by atoms with Crippen molar-refractivity contribution in [2.75, 3.05) is 14.1 Å². The number of hydrogen-bond acceptors (Lipinski definition) is 3. The van der Waals surface area contributed by atoms with Crippen molar-refractivity contribution in [1.82, 2.24) is 4.90 Å². The molecule has 0 aromatic heterocycles. The Morgan fingerprint density at radius 1 is 1.24 bits per heavy atom. The average molecular weight is 236 g/mol. The number of likely N-dealkylation sites (N-methyl/N-ethyl adjacent to an activating group) is 1. The highest BCUT2D eigenvalue weighted by molar-refractivity contribution is 5.92. The zero-order chi connectivity index (χ0) is 13.0. The van der Waals surface area contributed by atoms with Crippen molar-refractivity contribution in [2.24, 2.45) is 5.73 Å². The SMILES string of the molecule is C[C@H](Oc1ccc(C(N)=O)cc1)C(=O)N(C)C. The Morgan fingerprint density at radius 2 is 1.76 bits per heavy atom. The number of hydrogen-bond donors (Lipinski definition) is 1. The molecule has 0 aliphatic carbocycles. The molecule has 1 aromatic carbocycles. The summed E-state index contributed by atoms with van der Waals surface area (Å²) < 4.78 is 5.43. The van der Waals surface area contributed by atoms with Crippen molar-refractivity contribution < 1.29 is 14.3 Å². The summed E-state index contributed by atoms with van der Waals surface area (Å²) in [6.07, 6.45) is -0.565. The number of ether oxygens (including phenoxy) is 1. The van der Waals surface area contributed by atoms with Gasteiger partial charge in [-0.2, -0.15) is 0 Å². The number of carbonyl (C=O) groups excluding carboxylic acids is 2. The van der Waals surface area contributed by atoms with Gasteiger partial charge in [-0.1, -0.05) is 0 Å². The van der Waals surface area contributed by atoms with Gasteiger partial charge in [-0.25, -0.2) is 0 Å². The van der Waals surface area contributed by atoms with Gasteiger partial charge in [0.05, 0.1) is 0 Å². The Labute approximate surface area is 100 Å². The second-order valence-electron chi connectivity index (χ2n) is 3.88. The Kier molecular flexibility index (Phi) is 4.09. The van der Waals surface area contributed by atoms with E-state index in [9.17, 15) is 9.59 Å². The number of nitrogens with two attached hydrogens (primary N) is 1. The van der Waals surface area contributed by atoms with Crippen LogP contribution in [0.15, 0.2) is 24.3 Å². The third-order valence-electron chi connectivity index (χ3n) is 2.24. The maximum absolute atomic E-state index is 11.5. The summed E-state index contributed by atoms with van der Waals surface area (Å²) in [5, 5.41) is 0. The molecule has 0 unspecified atom stereocenters. The van der Waals surface area contributed by atoms with Crippen LogP contribution >= 0.6 is 0 Å². The van der Waals surface area contributed by atoms with Crippen LogP contribution in [0.25, 0.3) is 0 Å². The predicted molar refractivity (Wildman–Crippen MR) is 63.7 cm³/mol. The highest BCUT2D eigenvalue weighted by Gasteiger charge is 2.16. The molecular formula is C12H16N2O3. The van der Waals surface area contributed by atoms with Gasteiger partial charge in [-0.3, -0.25) is 9.59 Å². The topological polar surface area (TPSA) is 72.6 Å². The van der Waals surface area contributed by atoms with Crippen LogP contribution < -0.4 is 10.5 Å². The number of benzene rings is 1. The van der Waals surface area contributed by atoms with Gasteiger partial charge < -0.3 is 15.4 Å². The van der Waals surface area contributed by atoms with Crippen molar-refractivity contribution in [1.29, 1.82) is 0 Å². The fraction of sp³-hybridized carbons (Fsp3) is 0.333. The summed E-state index contributed by atoms with van der Waals surface area (Å²) in [5.41, 5.74) is 5.52. The van der Waals surface area contributed by atoms with E-state index >= 15 is 0 Å². The van der Waals surface area contributed by atoms with E-state index in [1.807, 2.05) is 0 Å². The monoisotopic (exact) mass is 236 g/mol. The normalized spacial score (nSPS) is 11.7. The third kappa shape index (κ3) is 3.48. The maximum atomic E-state index is 11.5. The number of carbonyl (C=O) groups is 2. The summed E-state index contributed by atoms with van der Waals surface area (Å²) in [6.45, 7) is 1.67. The van der Waals surface area contributed by atoms with Gasteiger partial charge in [0.1, 0.15) is 5.75 Å². The maximum Gasteiger partial charge on any atom is 0.262 e. The Hall–Kier alpha value is -2.04. The Morgan fingerprint density at radius 3 is 2.18 bits per heavy atom. The van der Waals surface area contributed by atoms with E-state index in [1.165, 1.54) is 4.90 Å². The lowest BCUT2D eigenvalue weighted by atomic mass is 10.2. The van der Waals surface area contributed by atoms with E-state index in [0.29, 0.717) is 11.3 Å². The van der Waals surface area contributed by atoms with Crippen molar-refractivity contribution in [2.45, 2.75) is 13.0 Å². The second-order valence-corrected chi connectivity index (χ2v) is 3.88. The molecule has 2 N–H and O–H groups in total. The van der Waals surface area contributed by atoms with Crippen LogP contribution in [-0.2, 0) is 4.79 Å². The van der Waals surface area contributed by atoms with Crippen LogP contribution in [-0.4, -0.2) is 36.9 Å². The van der Waals surface area contributed by atoms with Gasteiger partial charge in [-0.05, 0) is 31.2 Å². The molecule has 0 radical (unpaired) electrons. The first-order chi connectivity index (χ1) is 7.91. The van der Waals surface area contributed by atoms with Crippen LogP contribution in [0.3, 0.4) is 0 Å². The van der Waals surface area contributed by atoms with Crippen LogP contribution in [0.1, 0.15) is 17.3 Å². The molecular weight excluding hydrogens is 220 g/mol.